The van der Waals surface area contributed by atoms with E-state index >= 15 is 0 Å². The van der Waals surface area contributed by atoms with Crippen LogP contribution in [0.1, 0.15) is 50.6 Å². The van der Waals surface area contributed by atoms with Crippen LogP contribution in [0.15, 0.2) is 24.4 Å². The van der Waals surface area contributed by atoms with Crippen molar-refractivity contribution in [1.82, 2.24) is 20.1 Å². The Labute approximate surface area is 163 Å². The van der Waals surface area contributed by atoms with Crippen molar-refractivity contribution in [3.05, 3.63) is 30.1 Å². The maximum Gasteiger partial charge on any atom is 0.224 e. The summed E-state index contributed by atoms with van der Waals surface area (Å²) in [5, 5.41) is 3.10. The Hall–Kier alpha value is -1.46. The molecule has 5 heteroatoms. The molecular weight excluding hydrogens is 336 g/mol. The molecule has 0 aromatic carbocycles. The Bertz CT molecular complexity index is 596. The van der Waals surface area contributed by atoms with Gasteiger partial charge in [0.15, 0.2) is 0 Å². The zero-order valence-electron chi connectivity index (χ0n) is 16.5. The van der Waals surface area contributed by atoms with Gasteiger partial charge in [0.05, 0.1) is 18.2 Å². The summed E-state index contributed by atoms with van der Waals surface area (Å²) in [5.74, 6) is 1.31. The lowest BCUT2D eigenvalue weighted by atomic mass is 9.84. The summed E-state index contributed by atoms with van der Waals surface area (Å²) in [6.07, 6.45) is 10.8. The van der Waals surface area contributed by atoms with Crippen molar-refractivity contribution in [3.63, 3.8) is 0 Å². The molecule has 3 heterocycles. The van der Waals surface area contributed by atoms with E-state index in [4.69, 9.17) is 0 Å². The molecule has 0 radical (unpaired) electrons. The van der Waals surface area contributed by atoms with E-state index in [1.807, 2.05) is 18.2 Å². The van der Waals surface area contributed by atoms with Gasteiger partial charge in [-0.15, -0.1) is 0 Å². The van der Waals surface area contributed by atoms with Crippen LogP contribution in [0.2, 0.25) is 0 Å². The number of hydrogen-bond acceptors (Lipinski definition) is 4. The van der Waals surface area contributed by atoms with Gasteiger partial charge in [-0.1, -0.05) is 12.5 Å². The maximum absolute atomic E-state index is 12.6. The number of nitrogens with zero attached hydrogens (tertiary/aromatic N) is 3. The molecule has 5 nitrogen and oxygen atoms in total. The van der Waals surface area contributed by atoms with Crippen molar-refractivity contribution in [2.24, 2.45) is 11.8 Å². The van der Waals surface area contributed by atoms with E-state index in [1.54, 1.807) is 6.20 Å². The van der Waals surface area contributed by atoms with Crippen LogP contribution in [0.25, 0.3) is 0 Å². The van der Waals surface area contributed by atoms with Crippen LogP contribution in [0.4, 0.5) is 0 Å². The smallest absolute Gasteiger partial charge is 0.224 e. The van der Waals surface area contributed by atoms with Gasteiger partial charge >= 0.3 is 0 Å². The van der Waals surface area contributed by atoms with E-state index in [-0.39, 0.29) is 11.8 Å². The van der Waals surface area contributed by atoms with Crippen molar-refractivity contribution in [2.75, 3.05) is 32.7 Å². The van der Waals surface area contributed by atoms with Crippen LogP contribution in [0, 0.1) is 11.8 Å². The van der Waals surface area contributed by atoms with Crippen LogP contribution >= 0.6 is 0 Å². The quantitative estimate of drug-likeness (QED) is 0.836. The summed E-state index contributed by atoms with van der Waals surface area (Å²) < 4.78 is 0. The average molecular weight is 371 g/mol. The summed E-state index contributed by atoms with van der Waals surface area (Å²) in [6, 6.07) is 6.51. The molecular formula is C22H34N4O. The molecule has 3 aliphatic rings. The van der Waals surface area contributed by atoms with Gasteiger partial charge in [0.2, 0.25) is 5.91 Å². The van der Waals surface area contributed by atoms with Crippen LogP contribution in [0.5, 0.6) is 0 Å². The van der Waals surface area contributed by atoms with Gasteiger partial charge in [0, 0.05) is 25.3 Å². The number of pyridine rings is 1. The molecule has 27 heavy (non-hydrogen) atoms. The molecule has 1 aromatic heterocycles. The number of amides is 1. The van der Waals surface area contributed by atoms with Gasteiger partial charge in [0.1, 0.15) is 0 Å². The second kappa shape index (κ2) is 9.16. The number of aromatic nitrogens is 1. The molecule has 2 saturated heterocycles. The van der Waals surface area contributed by atoms with E-state index < -0.39 is 0 Å². The SMILES string of the molecule is O=C(NCc1ccccn1)[C@@H]1CCCN(C2CCN(CC3CCC3)CC2)C1. The number of piperidine rings is 2. The number of carbonyl (C=O) groups is 1. The van der Waals surface area contributed by atoms with Crippen LogP contribution in [0.3, 0.4) is 0 Å². The minimum atomic E-state index is 0.135. The largest absolute Gasteiger partial charge is 0.350 e. The lowest BCUT2D eigenvalue weighted by molar-refractivity contribution is -0.127. The molecule has 1 atom stereocenters. The van der Waals surface area contributed by atoms with E-state index in [2.05, 4.69) is 20.1 Å². The summed E-state index contributed by atoms with van der Waals surface area (Å²) >= 11 is 0. The fraction of sp³-hybridized carbons (Fsp3) is 0.727. The number of likely N-dealkylation sites (tertiary alicyclic amines) is 2. The third-order valence-corrected chi connectivity index (χ3v) is 6.81. The Balaban J connectivity index is 1.21. The van der Waals surface area contributed by atoms with Gasteiger partial charge in [0.25, 0.3) is 0 Å². The first-order valence-electron chi connectivity index (χ1n) is 10.9. The molecule has 1 aromatic rings. The van der Waals surface area contributed by atoms with Gasteiger partial charge in [-0.05, 0) is 76.2 Å². The molecule has 1 amide bonds. The summed E-state index contributed by atoms with van der Waals surface area (Å²) in [4.78, 5) is 22.2. The van der Waals surface area contributed by atoms with Crippen molar-refractivity contribution < 1.29 is 4.79 Å². The highest BCUT2D eigenvalue weighted by atomic mass is 16.1. The number of carbonyl (C=O) groups excluding carboxylic acids is 1. The molecule has 2 aliphatic heterocycles. The Kier molecular flexibility index (Phi) is 6.40. The summed E-state index contributed by atoms with van der Waals surface area (Å²) in [7, 11) is 0. The minimum Gasteiger partial charge on any atom is -0.350 e. The fourth-order valence-corrected chi connectivity index (χ4v) is 4.88. The first kappa shape index (κ1) is 18.9. The monoisotopic (exact) mass is 370 g/mol. The van der Waals surface area contributed by atoms with Crippen molar-refractivity contribution >= 4 is 5.91 Å². The molecule has 148 valence electrons. The molecule has 0 spiro atoms. The molecule has 0 bridgehead atoms. The Morgan fingerprint density at radius 2 is 1.93 bits per heavy atom. The molecule has 4 rings (SSSR count). The average Bonchev–Trinajstić information content (AvgIpc) is 2.70. The minimum absolute atomic E-state index is 0.135. The molecule has 1 N–H and O–H groups in total. The number of nitrogens with one attached hydrogen (secondary N) is 1. The molecule has 1 saturated carbocycles. The van der Waals surface area contributed by atoms with Gasteiger partial charge in [-0.3, -0.25) is 14.7 Å². The Morgan fingerprint density at radius 1 is 1.07 bits per heavy atom. The second-order valence-electron chi connectivity index (χ2n) is 8.70. The number of rotatable bonds is 6. The van der Waals surface area contributed by atoms with Crippen LogP contribution in [-0.2, 0) is 11.3 Å². The predicted octanol–water partition coefficient (Wildman–Crippen LogP) is 2.67. The topological polar surface area (TPSA) is 48.5 Å². The maximum atomic E-state index is 12.6. The van der Waals surface area contributed by atoms with E-state index in [0.29, 0.717) is 12.6 Å². The van der Waals surface area contributed by atoms with Gasteiger partial charge in [-0.2, -0.15) is 0 Å². The van der Waals surface area contributed by atoms with E-state index in [1.165, 1.54) is 51.7 Å². The standard InChI is InChI=1S/C22H34N4O/c27-22(24-15-20-8-1-2-11-23-20)19-7-4-12-26(17-19)21-9-13-25(14-10-21)16-18-5-3-6-18/h1-2,8,11,18-19,21H,3-7,9-10,12-17H2,(H,24,27)/t19-/m1/s1. The molecule has 1 aliphatic carbocycles. The zero-order chi connectivity index (χ0) is 18.5. The third-order valence-electron chi connectivity index (χ3n) is 6.81. The summed E-state index contributed by atoms with van der Waals surface area (Å²) in [5.41, 5.74) is 0.928. The van der Waals surface area contributed by atoms with Crippen LogP contribution < -0.4 is 5.32 Å². The summed E-state index contributed by atoms with van der Waals surface area (Å²) in [6.45, 7) is 6.45. The third kappa shape index (κ3) is 5.08. The van der Waals surface area contributed by atoms with E-state index in [9.17, 15) is 4.79 Å². The highest BCUT2D eigenvalue weighted by Crippen LogP contribution is 2.29. The first-order chi connectivity index (χ1) is 13.3. The van der Waals surface area contributed by atoms with Crippen molar-refractivity contribution in [3.8, 4) is 0 Å². The first-order valence-corrected chi connectivity index (χ1v) is 10.9. The van der Waals surface area contributed by atoms with Crippen molar-refractivity contribution in [2.45, 2.75) is 57.5 Å². The van der Waals surface area contributed by atoms with Gasteiger partial charge < -0.3 is 10.2 Å². The van der Waals surface area contributed by atoms with Crippen LogP contribution in [-0.4, -0.2) is 59.5 Å². The lowest BCUT2D eigenvalue weighted by Crippen LogP contribution is -2.51. The van der Waals surface area contributed by atoms with E-state index in [0.717, 1.165) is 37.5 Å². The predicted molar refractivity (Wildman–Crippen MR) is 107 cm³/mol. The fourth-order valence-electron chi connectivity index (χ4n) is 4.88. The van der Waals surface area contributed by atoms with Crippen molar-refractivity contribution in [1.29, 1.82) is 0 Å². The van der Waals surface area contributed by atoms with Gasteiger partial charge in [-0.25, -0.2) is 0 Å². The second-order valence-corrected chi connectivity index (χ2v) is 8.70. The normalized spacial score (nSPS) is 25.9. The molecule has 0 unspecified atom stereocenters. The Morgan fingerprint density at radius 3 is 2.63 bits per heavy atom. The molecule has 3 fully saturated rings. The highest BCUT2D eigenvalue weighted by molar-refractivity contribution is 5.78. The lowest BCUT2D eigenvalue weighted by Gasteiger charge is -2.43. The zero-order valence-corrected chi connectivity index (χ0v) is 16.5. The highest BCUT2D eigenvalue weighted by Gasteiger charge is 2.32. The number of hydrogen-bond donors (Lipinski definition) is 1.